The molecule has 0 spiro atoms. The molecular formula is C10H18N2O. The topological polar surface area (TPSA) is 41.5 Å². The predicted molar refractivity (Wildman–Crippen MR) is 53.4 cm³/mol. The molecular weight excluding hydrogens is 164 g/mol. The Morgan fingerprint density at radius 1 is 1.46 bits per heavy atom. The highest BCUT2D eigenvalue weighted by Crippen LogP contribution is 2.26. The summed E-state index contributed by atoms with van der Waals surface area (Å²) in [6.45, 7) is 6.06. The minimum atomic E-state index is 0.0891. The first-order chi connectivity index (χ1) is 6.11. The molecule has 0 saturated heterocycles. The number of hydrogen-bond acceptors (Lipinski definition) is 2. The van der Waals surface area contributed by atoms with Crippen LogP contribution >= 0.6 is 0 Å². The van der Waals surface area contributed by atoms with Crippen LogP contribution in [0.25, 0.3) is 0 Å². The maximum Gasteiger partial charge on any atom is 0.243 e. The Balaban J connectivity index is 2.31. The van der Waals surface area contributed by atoms with Crippen molar-refractivity contribution in [2.24, 2.45) is 16.9 Å². The zero-order valence-electron chi connectivity index (χ0n) is 8.63. The van der Waals surface area contributed by atoms with E-state index >= 15 is 0 Å². The smallest absolute Gasteiger partial charge is 0.243 e. The Labute approximate surface area is 79.6 Å². The van der Waals surface area contributed by atoms with E-state index in [4.69, 9.17) is 0 Å². The monoisotopic (exact) mass is 182 g/mol. The van der Waals surface area contributed by atoms with Gasteiger partial charge < -0.3 is 0 Å². The first-order valence-corrected chi connectivity index (χ1v) is 4.95. The molecule has 0 radical (unpaired) electrons. The highest BCUT2D eigenvalue weighted by atomic mass is 16.2. The van der Waals surface area contributed by atoms with Crippen LogP contribution in [-0.2, 0) is 4.79 Å². The van der Waals surface area contributed by atoms with Crippen LogP contribution in [0.15, 0.2) is 5.10 Å². The molecule has 0 aliphatic heterocycles. The normalized spacial score (nSPS) is 18.6. The summed E-state index contributed by atoms with van der Waals surface area (Å²) < 4.78 is 0. The average molecular weight is 182 g/mol. The van der Waals surface area contributed by atoms with E-state index in [2.05, 4.69) is 24.4 Å². The van der Waals surface area contributed by atoms with Crippen LogP contribution < -0.4 is 5.43 Å². The van der Waals surface area contributed by atoms with E-state index < -0.39 is 0 Å². The van der Waals surface area contributed by atoms with Crippen LogP contribution in [0.4, 0.5) is 0 Å². The van der Waals surface area contributed by atoms with E-state index in [9.17, 15) is 4.79 Å². The van der Waals surface area contributed by atoms with Gasteiger partial charge in [0, 0.05) is 11.6 Å². The Morgan fingerprint density at radius 3 is 2.46 bits per heavy atom. The molecule has 0 bridgehead atoms. The number of hydrogen-bond donors (Lipinski definition) is 1. The minimum Gasteiger partial charge on any atom is -0.273 e. The van der Waals surface area contributed by atoms with Crippen LogP contribution in [0.1, 0.15) is 40.0 Å². The second kappa shape index (κ2) is 4.40. The largest absolute Gasteiger partial charge is 0.273 e. The lowest BCUT2D eigenvalue weighted by Gasteiger charge is -2.22. The molecule has 0 aromatic heterocycles. The van der Waals surface area contributed by atoms with Gasteiger partial charge in [0.25, 0.3) is 0 Å². The number of nitrogens with zero attached hydrogens (tertiary/aromatic N) is 1. The molecule has 1 N–H and O–H groups in total. The summed E-state index contributed by atoms with van der Waals surface area (Å²) in [5.41, 5.74) is 3.59. The number of carbonyl (C=O) groups is 1. The Bertz CT molecular complexity index is 217. The molecule has 3 heteroatoms. The zero-order valence-corrected chi connectivity index (χ0v) is 8.63. The van der Waals surface area contributed by atoms with Gasteiger partial charge in [0.05, 0.1) is 0 Å². The Hall–Kier alpha value is -0.860. The number of nitrogens with one attached hydrogen (secondary N) is 1. The predicted octanol–water partition coefficient (Wildman–Crippen LogP) is 1.93. The molecule has 1 aliphatic carbocycles. The summed E-state index contributed by atoms with van der Waals surface area (Å²) in [6.07, 6.45) is 3.25. The minimum absolute atomic E-state index is 0.0891. The third kappa shape index (κ3) is 2.83. The summed E-state index contributed by atoms with van der Waals surface area (Å²) in [7, 11) is 0. The second-order valence-corrected chi connectivity index (χ2v) is 4.01. The van der Waals surface area contributed by atoms with E-state index in [-0.39, 0.29) is 11.8 Å². The fourth-order valence-electron chi connectivity index (χ4n) is 1.03. The van der Waals surface area contributed by atoms with Crippen LogP contribution in [0.5, 0.6) is 0 Å². The maximum absolute atomic E-state index is 11.3. The lowest BCUT2D eigenvalue weighted by molar-refractivity contribution is -0.127. The van der Waals surface area contributed by atoms with Crippen molar-refractivity contribution in [1.29, 1.82) is 0 Å². The van der Waals surface area contributed by atoms with Gasteiger partial charge in [0.15, 0.2) is 0 Å². The van der Waals surface area contributed by atoms with Crippen LogP contribution in [-0.4, -0.2) is 11.6 Å². The van der Waals surface area contributed by atoms with Crippen molar-refractivity contribution in [2.45, 2.75) is 40.0 Å². The summed E-state index contributed by atoms with van der Waals surface area (Å²) in [4.78, 5) is 11.3. The maximum atomic E-state index is 11.3. The molecule has 0 atom stereocenters. The molecule has 1 saturated carbocycles. The Morgan fingerprint density at radius 2 is 2.08 bits per heavy atom. The molecule has 0 aromatic rings. The number of rotatable bonds is 3. The lowest BCUT2D eigenvalue weighted by atomic mass is 9.85. The molecule has 1 rings (SSSR count). The van der Waals surface area contributed by atoms with Crippen molar-refractivity contribution in [3.05, 3.63) is 0 Å². The Kier molecular flexibility index (Phi) is 3.46. The van der Waals surface area contributed by atoms with Gasteiger partial charge in [-0.25, -0.2) is 5.43 Å². The average Bonchev–Trinajstić information content (AvgIpc) is 1.96. The fourth-order valence-corrected chi connectivity index (χ4v) is 1.03. The van der Waals surface area contributed by atoms with Crippen molar-refractivity contribution >= 4 is 11.6 Å². The standard InChI is InChI=1S/C10H18N2O/c1-7(2)8(3)11-12-10(13)9-5-4-6-9/h7,9H,4-6H2,1-3H3,(H,12,13)/b11-8+. The SMILES string of the molecule is C/C(=N\NC(=O)C1CCC1)C(C)C. The highest BCUT2D eigenvalue weighted by molar-refractivity contribution is 5.86. The van der Waals surface area contributed by atoms with Crippen molar-refractivity contribution in [1.82, 2.24) is 5.43 Å². The summed E-state index contributed by atoms with van der Waals surface area (Å²) in [5, 5.41) is 4.04. The van der Waals surface area contributed by atoms with Gasteiger partial charge in [-0.2, -0.15) is 5.10 Å². The van der Waals surface area contributed by atoms with E-state index in [1.165, 1.54) is 6.42 Å². The quantitative estimate of drug-likeness (QED) is 0.526. The van der Waals surface area contributed by atoms with Crippen LogP contribution in [0, 0.1) is 11.8 Å². The van der Waals surface area contributed by atoms with Gasteiger partial charge in [-0.1, -0.05) is 20.3 Å². The van der Waals surface area contributed by atoms with Gasteiger partial charge in [0.2, 0.25) is 5.91 Å². The van der Waals surface area contributed by atoms with Gasteiger partial charge in [0.1, 0.15) is 0 Å². The molecule has 1 aliphatic rings. The van der Waals surface area contributed by atoms with Crippen molar-refractivity contribution in [3.63, 3.8) is 0 Å². The molecule has 1 amide bonds. The number of hydrazone groups is 1. The van der Waals surface area contributed by atoms with Gasteiger partial charge in [-0.3, -0.25) is 4.79 Å². The van der Waals surface area contributed by atoms with E-state index in [1.54, 1.807) is 0 Å². The lowest BCUT2D eigenvalue weighted by Crippen LogP contribution is -2.32. The van der Waals surface area contributed by atoms with Gasteiger partial charge in [-0.15, -0.1) is 0 Å². The van der Waals surface area contributed by atoms with Crippen molar-refractivity contribution < 1.29 is 4.79 Å². The summed E-state index contributed by atoms with van der Waals surface area (Å²) in [6, 6.07) is 0. The highest BCUT2D eigenvalue weighted by Gasteiger charge is 2.24. The molecule has 0 aromatic carbocycles. The molecule has 13 heavy (non-hydrogen) atoms. The third-order valence-electron chi connectivity index (χ3n) is 2.65. The summed E-state index contributed by atoms with van der Waals surface area (Å²) in [5.74, 6) is 0.719. The fraction of sp³-hybridized carbons (Fsp3) is 0.800. The molecule has 1 fully saturated rings. The zero-order chi connectivity index (χ0) is 9.84. The van der Waals surface area contributed by atoms with Crippen LogP contribution in [0.2, 0.25) is 0 Å². The molecule has 3 nitrogen and oxygen atoms in total. The first kappa shape index (κ1) is 10.2. The molecule has 0 heterocycles. The third-order valence-corrected chi connectivity index (χ3v) is 2.65. The second-order valence-electron chi connectivity index (χ2n) is 4.01. The number of carbonyl (C=O) groups excluding carboxylic acids is 1. The first-order valence-electron chi connectivity index (χ1n) is 4.95. The number of amides is 1. The van der Waals surface area contributed by atoms with Crippen molar-refractivity contribution in [2.75, 3.05) is 0 Å². The van der Waals surface area contributed by atoms with E-state index in [0.29, 0.717) is 5.92 Å². The van der Waals surface area contributed by atoms with Gasteiger partial charge >= 0.3 is 0 Å². The molecule has 0 unspecified atom stereocenters. The van der Waals surface area contributed by atoms with Gasteiger partial charge in [-0.05, 0) is 25.7 Å². The van der Waals surface area contributed by atoms with Crippen LogP contribution in [0.3, 0.4) is 0 Å². The van der Waals surface area contributed by atoms with Crippen molar-refractivity contribution in [3.8, 4) is 0 Å². The molecule has 74 valence electrons. The van der Waals surface area contributed by atoms with E-state index in [1.807, 2.05) is 6.92 Å². The van der Waals surface area contributed by atoms with E-state index in [0.717, 1.165) is 18.6 Å². The summed E-state index contributed by atoms with van der Waals surface area (Å²) >= 11 is 0.